The van der Waals surface area contributed by atoms with E-state index in [0.29, 0.717) is 9.37 Å². The Morgan fingerprint density at radius 1 is 1.21 bits per heavy atom. The third-order valence-electron chi connectivity index (χ3n) is 3.76. The lowest BCUT2D eigenvalue weighted by molar-refractivity contribution is 0.204. The Bertz CT molecular complexity index is 561. The number of nitrogens with zero attached hydrogens (tertiary/aromatic N) is 1. The lowest BCUT2D eigenvalue weighted by atomic mass is 10.0. The first-order valence-electron chi connectivity index (χ1n) is 6.63. The maximum atomic E-state index is 12.8. The van der Waals surface area contributed by atoms with Crippen molar-refractivity contribution in [1.82, 2.24) is 4.31 Å². The second-order valence-electron chi connectivity index (χ2n) is 5.40. The molecule has 0 radical (unpaired) electrons. The fourth-order valence-corrected chi connectivity index (χ4v) is 5.84. The van der Waals surface area contributed by atoms with Crippen molar-refractivity contribution in [2.45, 2.75) is 57.0 Å². The number of piperidine rings is 1. The van der Waals surface area contributed by atoms with E-state index in [2.05, 4.69) is 15.9 Å². The van der Waals surface area contributed by atoms with Gasteiger partial charge < -0.3 is 0 Å². The van der Waals surface area contributed by atoms with E-state index in [1.54, 1.807) is 10.4 Å². The van der Waals surface area contributed by atoms with Gasteiger partial charge in [0.05, 0.1) is 4.90 Å². The van der Waals surface area contributed by atoms with Crippen molar-refractivity contribution < 1.29 is 8.42 Å². The van der Waals surface area contributed by atoms with Gasteiger partial charge in [0.2, 0.25) is 10.0 Å². The Morgan fingerprint density at radius 2 is 1.79 bits per heavy atom. The lowest BCUT2D eigenvalue weighted by Crippen LogP contribution is -2.47. The fourth-order valence-electron chi connectivity index (χ4n) is 2.80. The van der Waals surface area contributed by atoms with Crippen LogP contribution < -0.4 is 0 Å². The molecule has 0 unspecified atom stereocenters. The summed E-state index contributed by atoms with van der Waals surface area (Å²) in [5, 5.41) is 0. The highest BCUT2D eigenvalue weighted by atomic mass is 79.9. The summed E-state index contributed by atoms with van der Waals surface area (Å²) < 4.78 is 28.0. The van der Waals surface area contributed by atoms with Gasteiger partial charge in [-0.3, -0.25) is 0 Å². The standard InChI is InChI=1S/C14H20BrNO2S/c1-10-7-8-14(13(15)9-10)19(17,18)16-11(2)5-4-6-12(16)3/h7-9,11-12H,4-6H2,1-3H3/t11-,12+. The summed E-state index contributed by atoms with van der Waals surface area (Å²) in [6, 6.07) is 5.54. The number of aryl methyl sites for hydroxylation is 1. The third-order valence-corrected chi connectivity index (χ3v) is 6.86. The molecule has 1 saturated heterocycles. The van der Waals surface area contributed by atoms with E-state index in [1.165, 1.54) is 0 Å². The minimum Gasteiger partial charge on any atom is -0.207 e. The number of benzene rings is 1. The summed E-state index contributed by atoms with van der Waals surface area (Å²) in [6.07, 6.45) is 2.98. The van der Waals surface area contributed by atoms with Crippen LogP contribution >= 0.6 is 15.9 Å². The SMILES string of the molecule is Cc1ccc(S(=O)(=O)N2[C@H](C)CCC[C@@H]2C)c(Br)c1. The molecule has 2 atom stereocenters. The Kier molecular flexibility index (Phi) is 4.38. The number of hydrogen-bond acceptors (Lipinski definition) is 2. The molecule has 2 rings (SSSR count). The van der Waals surface area contributed by atoms with Crippen LogP contribution in [0.25, 0.3) is 0 Å². The Balaban J connectivity index is 2.46. The second kappa shape index (κ2) is 5.54. The summed E-state index contributed by atoms with van der Waals surface area (Å²) in [4.78, 5) is 0.374. The van der Waals surface area contributed by atoms with Gasteiger partial charge in [0.25, 0.3) is 0 Å². The van der Waals surface area contributed by atoms with E-state index in [1.807, 2.05) is 32.9 Å². The van der Waals surface area contributed by atoms with Gasteiger partial charge >= 0.3 is 0 Å². The Labute approximate surface area is 124 Å². The Hall–Kier alpha value is -0.390. The van der Waals surface area contributed by atoms with Crippen LogP contribution in [0.1, 0.15) is 38.7 Å². The molecule has 5 heteroatoms. The van der Waals surface area contributed by atoms with E-state index in [0.717, 1.165) is 24.8 Å². The molecule has 106 valence electrons. The molecule has 0 saturated carbocycles. The van der Waals surface area contributed by atoms with Crippen molar-refractivity contribution in [3.63, 3.8) is 0 Å². The van der Waals surface area contributed by atoms with E-state index in [9.17, 15) is 8.42 Å². The Morgan fingerprint density at radius 3 is 2.32 bits per heavy atom. The first-order valence-corrected chi connectivity index (χ1v) is 8.87. The number of sulfonamides is 1. The summed E-state index contributed by atoms with van der Waals surface area (Å²) in [7, 11) is -3.42. The molecular weight excluding hydrogens is 326 g/mol. The molecule has 1 aromatic carbocycles. The molecule has 1 fully saturated rings. The first-order chi connectivity index (χ1) is 8.84. The van der Waals surface area contributed by atoms with Crippen molar-refractivity contribution in [2.75, 3.05) is 0 Å². The predicted molar refractivity (Wildman–Crippen MR) is 80.7 cm³/mol. The highest BCUT2D eigenvalue weighted by molar-refractivity contribution is 9.10. The molecule has 0 amide bonds. The van der Waals surface area contributed by atoms with Crippen molar-refractivity contribution in [2.24, 2.45) is 0 Å². The van der Waals surface area contributed by atoms with Crippen molar-refractivity contribution in [1.29, 1.82) is 0 Å². The molecule has 0 bridgehead atoms. The molecule has 1 heterocycles. The average molecular weight is 346 g/mol. The van der Waals surface area contributed by atoms with Gasteiger partial charge in [0.15, 0.2) is 0 Å². The zero-order valence-electron chi connectivity index (χ0n) is 11.6. The summed E-state index contributed by atoms with van der Waals surface area (Å²) in [5.74, 6) is 0. The van der Waals surface area contributed by atoms with Gasteiger partial charge in [0, 0.05) is 16.6 Å². The van der Waals surface area contributed by atoms with Crippen LogP contribution in [-0.4, -0.2) is 24.8 Å². The largest absolute Gasteiger partial charge is 0.244 e. The molecule has 1 aliphatic rings. The summed E-state index contributed by atoms with van der Waals surface area (Å²) >= 11 is 3.38. The zero-order chi connectivity index (χ0) is 14.2. The molecule has 19 heavy (non-hydrogen) atoms. The number of hydrogen-bond donors (Lipinski definition) is 0. The normalized spacial score (nSPS) is 25.5. The minimum absolute atomic E-state index is 0.0713. The van der Waals surface area contributed by atoms with Crippen LogP contribution in [-0.2, 0) is 10.0 Å². The van der Waals surface area contributed by atoms with Gasteiger partial charge in [-0.15, -0.1) is 0 Å². The maximum Gasteiger partial charge on any atom is 0.244 e. The predicted octanol–water partition coefficient (Wildman–Crippen LogP) is 3.71. The fraction of sp³-hybridized carbons (Fsp3) is 0.571. The van der Waals surface area contributed by atoms with E-state index < -0.39 is 10.0 Å². The van der Waals surface area contributed by atoms with Gasteiger partial charge in [-0.05, 0) is 67.2 Å². The van der Waals surface area contributed by atoms with E-state index >= 15 is 0 Å². The quantitative estimate of drug-likeness (QED) is 0.819. The van der Waals surface area contributed by atoms with Crippen LogP contribution in [0.5, 0.6) is 0 Å². The number of halogens is 1. The van der Waals surface area contributed by atoms with Gasteiger partial charge in [-0.1, -0.05) is 12.5 Å². The van der Waals surface area contributed by atoms with Crippen LogP contribution in [0.2, 0.25) is 0 Å². The van der Waals surface area contributed by atoms with Gasteiger partial charge in [0.1, 0.15) is 0 Å². The molecular formula is C14H20BrNO2S. The summed E-state index contributed by atoms with van der Waals surface area (Å²) in [6.45, 7) is 5.94. The van der Waals surface area contributed by atoms with Crippen molar-refractivity contribution in [3.05, 3.63) is 28.2 Å². The zero-order valence-corrected chi connectivity index (χ0v) is 14.0. The summed E-state index contributed by atoms with van der Waals surface area (Å²) in [5.41, 5.74) is 1.05. The number of rotatable bonds is 2. The van der Waals surface area contributed by atoms with Crippen LogP contribution in [0.15, 0.2) is 27.6 Å². The van der Waals surface area contributed by atoms with Crippen molar-refractivity contribution in [3.8, 4) is 0 Å². The average Bonchev–Trinajstić information content (AvgIpc) is 2.27. The third kappa shape index (κ3) is 2.88. The highest BCUT2D eigenvalue weighted by Gasteiger charge is 2.36. The molecule has 1 aliphatic heterocycles. The van der Waals surface area contributed by atoms with Gasteiger partial charge in [-0.25, -0.2) is 8.42 Å². The van der Waals surface area contributed by atoms with Crippen LogP contribution in [0.4, 0.5) is 0 Å². The smallest absolute Gasteiger partial charge is 0.207 e. The lowest BCUT2D eigenvalue weighted by Gasteiger charge is -2.37. The second-order valence-corrected chi connectivity index (χ2v) is 8.06. The molecule has 1 aromatic rings. The minimum atomic E-state index is -3.42. The maximum absolute atomic E-state index is 12.8. The molecule has 0 aromatic heterocycles. The highest BCUT2D eigenvalue weighted by Crippen LogP contribution is 2.32. The monoisotopic (exact) mass is 345 g/mol. The van der Waals surface area contributed by atoms with Crippen LogP contribution in [0, 0.1) is 6.92 Å². The van der Waals surface area contributed by atoms with E-state index in [4.69, 9.17) is 0 Å². The molecule has 0 spiro atoms. The van der Waals surface area contributed by atoms with Gasteiger partial charge in [-0.2, -0.15) is 4.31 Å². The van der Waals surface area contributed by atoms with E-state index in [-0.39, 0.29) is 12.1 Å². The molecule has 3 nitrogen and oxygen atoms in total. The topological polar surface area (TPSA) is 37.4 Å². The first kappa shape index (κ1) is 15.0. The molecule has 0 N–H and O–H groups in total. The molecule has 0 aliphatic carbocycles. The van der Waals surface area contributed by atoms with Crippen molar-refractivity contribution >= 4 is 26.0 Å². The van der Waals surface area contributed by atoms with Crippen LogP contribution in [0.3, 0.4) is 0 Å².